The molecule has 22 heavy (non-hydrogen) atoms. The molecule has 3 rings (SSSR count). The maximum absolute atomic E-state index is 5.48. The van der Waals surface area contributed by atoms with Gasteiger partial charge in [-0.3, -0.25) is 0 Å². The van der Waals surface area contributed by atoms with E-state index in [1.54, 1.807) is 0 Å². The maximum atomic E-state index is 5.48. The Kier molecular flexibility index (Phi) is 4.53. The molecule has 5 nitrogen and oxygen atoms in total. The van der Waals surface area contributed by atoms with E-state index in [0.717, 1.165) is 42.2 Å². The van der Waals surface area contributed by atoms with E-state index >= 15 is 0 Å². The summed E-state index contributed by atoms with van der Waals surface area (Å²) in [6.45, 7) is 6.68. The summed E-state index contributed by atoms with van der Waals surface area (Å²) < 4.78 is 5.48. The lowest BCUT2D eigenvalue weighted by Crippen LogP contribution is -2.23. The number of rotatable bonds is 5. The van der Waals surface area contributed by atoms with Crippen molar-refractivity contribution in [2.75, 3.05) is 25.0 Å². The first-order valence-electron chi connectivity index (χ1n) is 7.81. The molecule has 2 heterocycles. The lowest BCUT2D eigenvalue weighted by atomic mass is 10.1. The van der Waals surface area contributed by atoms with E-state index < -0.39 is 0 Å². The van der Waals surface area contributed by atoms with E-state index in [1.165, 1.54) is 0 Å². The molecule has 1 aromatic heterocycles. The van der Waals surface area contributed by atoms with Crippen LogP contribution in [0.15, 0.2) is 30.3 Å². The van der Waals surface area contributed by atoms with Crippen LogP contribution in [0.1, 0.15) is 19.0 Å². The van der Waals surface area contributed by atoms with Crippen molar-refractivity contribution in [1.29, 1.82) is 0 Å². The molecule has 0 radical (unpaired) electrons. The molecule has 116 valence electrons. The van der Waals surface area contributed by atoms with Crippen molar-refractivity contribution in [3.8, 4) is 17.0 Å². The van der Waals surface area contributed by atoms with E-state index in [1.807, 2.05) is 44.2 Å². The molecular weight excluding hydrogens is 276 g/mol. The Morgan fingerprint density at radius 2 is 2.09 bits per heavy atom. The Labute approximate surface area is 131 Å². The number of aromatic nitrogens is 2. The smallest absolute Gasteiger partial charge is 0.223 e. The fourth-order valence-electron chi connectivity index (χ4n) is 2.63. The van der Waals surface area contributed by atoms with Crippen LogP contribution in [0, 0.1) is 6.92 Å². The van der Waals surface area contributed by atoms with E-state index in [9.17, 15) is 0 Å². The Hall–Kier alpha value is -2.14. The number of anilines is 1. The highest BCUT2D eigenvalue weighted by Gasteiger charge is 2.15. The molecule has 2 aromatic rings. The standard InChI is InChI=1S/C17H22N4O/c1-3-22-15-6-4-13(5-7-15)16-10-12(2)19-17(21-16)20-14-8-9-18-11-14/h4-7,10,14,18H,3,8-9,11H2,1-2H3,(H,19,20,21). The topological polar surface area (TPSA) is 59.1 Å². The molecule has 0 aliphatic carbocycles. The highest BCUT2D eigenvalue weighted by molar-refractivity contribution is 5.61. The van der Waals surface area contributed by atoms with Crippen molar-refractivity contribution in [2.45, 2.75) is 26.3 Å². The third-order valence-electron chi connectivity index (χ3n) is 3.71. The molecule has 1 unspecified atom stereocenters. The van der Waals surface area contributed by atoms with Gasteiger partial charge in [-0.15, -0.1) is 0 Å². The zero-order chi connectivity index (χ0) is 15.4. The van der Waals surface area contributed by atoms with Crippen LogP contribution in [0.2, 0.25) is 0 Å². The number of hydrogen-bond donors (Lipinski definition) is 2. The summed E-state index contributed by atoms with van der Waals surface area (Å²) in [7, 11) is 0. The summed E-state index contributed by atoms with van der Waals surface area (Å²) in [6.07, 6.45) is 1.11. The van der Waals surface area contributed by atoms with Gasteiger partial charge in [0, 0.05) is 23.8 Å². The summed E-state index contributed by atoms with van der Waals surface area (Å²) in [6, 6.07) is 10.4. The predicted octanol–water partition coefficient (Wildman–Crippen LogP) is 2.62. The van der Waals surface area contributed by atoms with E-state index in [-0.39, 0.29) is 0 Å². The van der Waals surface area contributed by atoms with Gasteiger partial charge in [0.15, 0.2) is 0 Å². The highest BCUT2D eigenvalue weighted by Crippen LogP contribution is 2.22. The summed E-state index contributed by atoms with van der Waals surface area (Å²) >= 11 is 0. The van der Waals surface area contributed by atoms with Gasteiger partial charge in [-0.25, -0.2) is 9.97 Å². The van der Waals surface area contributed by atoms with E-state index in [2.05, 4.69) is 20.6 Å². The second-order valence-electron chi connectivity index (χ2n) is 5.51. The van der Waals surface area contributed by atoms with Crippen LogP contribution in [0.4, 0.5) is 5.95 Å². The molecule has 0 spiro atoms. The maximum Gasteiger partial charge on any atom is 0.223 e. The molecule has 1 aliphatic rings. The third-order valence-corrected chi connectivity index (χ3v) is 3.71. The zero-order valence-corrected chi connectivity index (χ0v) is 13.1. The van der Waals surface area contributed by atoms with Crippen molar-refractivity contribution >= 4 is 5.95 Å². The van der Waals surface area contributed by atoms with Gasteiger partial charge < -0.3 is 15.4 Å². The lowest BCUT2D eigenvalue weighted by molar-refractivity contribution is 0.340. The van der Waals surface area contributed by atoms with Gasteiger partial charge in [-0.2, -0.15) is 0 Å². The van der Waals surface area contributed by atoms with Crippen molar-refractivity contribution in [2.24, 2.45) is 0 Å². The van der Waals surface area contributed by atoms with Gasteiger partial charge in [0.1, 0.15) is 5.75 Å². The van der Waals surface area contributed by atoms with Crippen LogP contribution >= 0.6 is 0 Å². The average Bonchev–Trinajstić information content (AvgIpc) is 3.01. The van der Waals surface area contributed by atoms with Crippen LogP contribution in [0.25, 0.3) is 11.3 Å². The summed E-state index contributed by atoms with van der Waals surface area (Å²) in [5.74, 6) is 1.59. The number of hydrogen-bond acceptors (Lipinski definition) is 5. The van der Waals surface area contributed by atoms with Crippen LogP contribution in [-0.2, 0) is 0 Å². The van der Waals surface area contributed by atoms with Crippen LogP contribution in [-0.4, -0.2) is 35.7 Å². The van der Waals surface area contributed by atoms with Crippen molar-refractivity contribution in [3.05, 3.63) is 36.0 Å². The van der Waals surface area contributed by atoms with Gasteiger partial charge >= 0.3 is 0 Å². The number of ether oxygens (including phenoxy) is 1. The van der Waals surface area contributed by atoms with Crippen LogP contribution < -0.4 is 15.4 Å². The lowest BCUT2D eigenvalue weighted by Gasteiger charge is -2.13. The SMILES string of the molecule is CCOc1ccc(-c2cc(C)nc(NC3CCNC3)n2)cc1. The number of nitrogens with zero attached hydrogens (tertiary/aromatic N) is 2. The fraction of sp³-hybridized carbons (Fsp3) is 0.412. The molecule has 1 atom stereocenters. The third kappa shape index (κ3) is 3.54. The first kappa shape index (κ1) is 14.8. The molecule has 1 aromatic carbocycles. The zero-order valence-electron chi connectivity index (χ0n) is 13.1. The van der Waals surface area contributed by atoms with Crippen molar-refractivity contribution in [3.63, 3.8) is 0 Å². The minimum Gasteiger partial charge on any atom is -0.494 e. The molecule has 1 aliphatic heterocycles. The fourth-order valence-corrected chi connectivity index (χ4v) is 2.63. The van der Waals surface area contributed by atoms with Gasteiger partial charge in [-0.1, -0.05) is 0 Å². The Morgan fingerprint density at radius 1 is 1.27 bits per heavy atom. The minimum atomic E-state index is 0.412. The first-order valence-corrected chi connectivity index (χ1v) is 7.81. The molecule has 0 amide bonds. The van der Waals surface area contributed by atoms with E-state index in [0.29, 0.717) is 18.6 Å². The monoisotopic (exact) mass is 298 g/mol. The molecule has 0 bridgehead atoms. The quantitative estimate of drug-likeness (QED) is 0.888. The second-order valence-corrected chi connectivity index (χ2v) is 5.51. The van der Waals surface area contributed by atoms with Gasteiger partial charge in [-0.05, 0) is 57.1 Å². The van der Waals surface area contributed by atoms with E-state index in [4.69, 9.17) is 4.74 Å². The van der Waals surface area contributed by atoms with Gasteiger partial charge in [0.2, 0.25) is 5.95 Å². The Morgan fingerprint density at radius 3 is 2.77 bits per heavy atom. The van der Waals surface area contributed by atoms with Crippen LogP contribution in [0.3, 0.4) is 0 Å². The molecule has 5 heteroatoms. The predicted molar refractivity (Wildman–Crippen MR) is 88.3 cm³/mol. The van der Waals surface area contributed by atoms with Crippen molar-refractivity contribution < 1.29 is 4.74 Å². The molecule has 2 N–H and O–H groups in total. The normalized spacial score (nSPS) is 17.5. The minimum absolute atomic E-state index is 0.412. The Balaban J connectivity index is 1.81. The Bertz CT molecular complexity index is 621. The first-order chi connectivity index (χ1) is 10.7. The molecule has 1 saturated heterocycles. The average molecular weight is 298 g/mol. The highest BCUT2D eigenvalue weighted by atomic mass is 16.5. The largest absolute Gasteiger partial charge is 0.494 e. The summed E-state index contributed by atoms with van der Waals surface area (Å²) in [4.78, 5) is 9.15. The van der Waals surface area contributed by atoms with Gasteiger partial charge in [0.25, 0.3) is 0 Å². The second kappa shape index (κ2) is 6.75. The number of benzene rings is 1. The molecule has 1 fully saturated rings. The summed E-state index contributed by atoms with van der Waals surface area (Å²) in [5.41, 5.74) is 2.97. The van der Waals surface area contributed by atoms with Crippen LogP contribution in [0.5, 0.6) is 5.75 Å². The van der Waals surface area contributed by atoms with Crippen molar-refractivity contribution in [1.82, 2.24) is 15.3 Å². The number of aryl methyl sites for hydroxylation is 1. The number of nitrogens with one attached hydrogen (secondary N) is 2. The molecule has 0 saturated carbocycles. The van der Waals surface area contributed by atoms with Gasteiger partial charge in [0.05, 0.1) is 12.3 Å². The molecular formula is C17H22N4O. The summed E-state index contributed by atoms with van der Waals surface area (Å²) in [5, 5.41) is 6.75.